The van der Waals surface area contributed by atoms with E-state index in [1.54, 1.807) is 0 Å². The first-order valence-corrected chi connectivity index (χ1v) is 10.3. The molecule has 0 aromatic carbocycles. The van der Waals surface area contributed by atoms with Crippen molar-refractivity contribution in [3.05, 3.63) is 11.8 Å². The summed E-state index contributed by atoms with van der Waals surface area (Å²) in [6.45, 7) is 10.6. The van der Waals surface area contributed by atoms with Crippen molar-refractivity contribution in [3.63, 3.8) is 0 Å². The van der Waals surface area contributed by atoms with Crippen LogP contribution in [0.2, 0.25) is 0 Å². The minimum atomic E-state index is -0.00644. The number of rotatable bonds is 4. The SMILES string of the molecule is Cc1cc2c(N3CCCC(C(=O)NC(C)C)C3)nc(N3CCOCC3)nc2[nH]1. The van der Waals surface area contributed by atoms with Gasteiger partial charge in [0.05, 0.1) is 24.5 Å². The summed E-state index contributed by atoms with van der Waals surface area (Å²) in [5.74, 6) is 1.80. The normalized spacial score (nSPS) is 20.8. The molecule has 1 atom stereocenters. The molecule has 8 nitrogen and oxygen atoms in total. The second kappa shape index (κ2) is 7.95. The number of carbonyl (C=O) groups excluding carboxylic acids is 1. The molecule has 2 aromatic rings. The van der Waals surface area contributed by atoms with Gasteiger partial charge in [0.1, 0.15) is 11.5 Å². The Morgan fingerprint density at radius 3 is 2.79 bits per heavy atom. The highest BCUT2D eigenvalue weighted by Crippen LogP contribution is 2.31. The molecule has 28 heavy (non-hydrogen) atoms. The first kappa shape index (κ1) is 19.0. The summed E-state index contributed by atoms with van der Waals surface area (Å²) in [5, 5.41) is 4.09. The fourth-order valence-electron chi connectivity index (χ4n) is 4.05. The summed E-state index contributed by atoms with van der Waals surface area (Å²) >= 11 is 0. The highest BCUT2D eigenvalue weighted by Gasteiger charge is 2.29. The van der Waals surface area contributed by atoms with Crippen molar-refractivity contribution in [2.75, 3.05) is 49.2 Å². The average molecular weight is 387 g/mol. The third kappa shape index (κ3) is 3.92. The number of anilines is 2. The molecule has 0 saturated carbocycles. The Hall–Kier alpha value is -2.35. The Balaban J connectivity index is 1.65. The zero-order chi connectivity index (χ0) is 19.7. The van der Waals surface area contributed by atoms with Crippen LogP contribution in [0.15, 0.2) is 6.07 Å². The smallest absolute Gasteiger partial charge is 0.229 e. The van der Waals surface area contributed by atoms with Crippen LogP contribution in [0.25, 0.3) is 11.0 Å². The molecule has 8 heteroatoms. The number of H-pyrrole nitrogens is 1. The molecule has 2 N–H and O–H groups in total. The van der Waals surface area contributed by atoms with Crippen LogP contribution in [0.1, 0.15) is 32.4 Å². The monoisotopic (exact) mass is 386 g/mol. The van der Waals surface area contributed by atoms with Gasteiger partial charge in [-0.15, -0.1) is 0 Å². The molecule has 0 aliphatic carbocycles. The fraction of sp³-hybridized carbons (Fsp3) is 0.650. The number of morpholine rings is 1. The van der Waals surface area contributed by atoms with E-state index in [4.69, 9.17) is 14.7 Å². The number of ether oxygens (including phenoxy) is 1. The van der Waals surface area contributed by atoms with Crippen molar-refractivity contribution in [1.29, 1.82) is 0 Å². The van der Waals surface area contributed by atoms with E-state index < -0.39 is 0 Å². The number of amides is 1. The number of hydrogen-bond donors (Lipinski definition) is 2. The van der Waals surface area contributed by atoms with Gasteiger partial charge in [-0.25, -0.2) is 0 Å². The van der Waals surface area contributed by atoms with Crippen LogP contribution in [0.5, 0.6) is 0 Å². The number of fused-ring (bicyclic) bond motifs is 1. The fourth-order valence-corrected chi connectivity index (χ4v) is 4.05. The molecule has 4 heterocycles. The molecule has 2 aliphatic heterocycles. The number of hydrogen-bond acceptors (Lipinski definition) is 6. The van der Waals surface area contributed by atoms with E-state index in [1.807, 2.05) is 20.8 Å². The van der Waals surface area contributed by atoms with Gasteiger partial charge in [0.25, 0.3) is 0 Å². The second-order valence-corrected chi connectivity index (χ2v) is 8.11. The van der Waals surface area contributed by atoms with E-state index in [9.17, 15) is 4.79 Å². The minimum Gasteiger partial charge on any atom is -0.378 e. The predicted octanol–water partition coefficient (Wildman–Crippen LogP) is 1.84. The summed E-state index contributed by atoms with van der Waals surface area (Å²) in [5.41, 5.74) is 1.92. The van der Waals surface area contributed by atoms with Gasteiger partial charge in [0, 0.05) is 37.9 Å². The molecule has 0 bridgehead atoms. The first-order chi connectivity index (χ1) is 13.5. The molecule has 4 rings (SSSR count). The quantitative estimate of drug-likeness (QED) is 0.834. The Morgan fingerprint density at radius 2 is 2.04 bits per heavy atom. The molecular weight excluding hydrogens is 356 g/mol. The van der Waals surface area contributed by atoms with Crippen LogP contribution in [-0.4, -0.2) is 66.3 Å². The lowest BCUT2D eigenvalue weighted by Crippen LogP contribution is -2.45. The van der Waals surface area contributed by atoms with Crippen LogP contribution in [0.4, 0.5) is 11.8 Å². The average Bonchev–Trinajstić information content (AvgIpc) is 3.07. The third-order valence-electron chi connectivity index (χ3n) is 5.41. The van der Waals surface area contributed by atoms with E-state index in [-0.39, 0.29) is 17.9 Å². The molecule has 2 fully saturated rings. The van der Waals surface area contributed by atoms with Gasteiger partial charge in [0.15, 0.2) is 0 Å². The van der Waals surface area contributed by atoms with Crippen LogP contribution in [-0.2, 0) is 9.53 Å². The van der Waals surface area contributed by atoms with E-state index in [0.29, 0.717) is 19.8 Å². The Morgan fingerprint density at radius 1 is 1.25 bits per heavy atom. The number of nitrogens with zero attached hydrogens (tertiary/aromatic N) is 4. The first-order valence-electron chi connectivity index (χ1n) is 10.3. The molecule has 0 spiro atoms. The zero-order valence-corrected chi connectivity index (χ0v) is 17.0. The highest BCUT2D eigenvalue weighted by atomic mass is 16.5. The zero-order valence-electron chi connectivity index (χ0n) is 17.0. The van der Waals surface area contributed by atoms with Crippen LogP contribution < -0.4 is 15.1 Å². The maximum atomic E-state index is 12.6. The van der Waals surface area contributed by atoms with Gasteiger partial charge in [-0.2, -0.15) is 9.97 Å². The predicted molar refractivity (Wildman–Crippen MR) is 110 cm³/mol. The maximum Gasteiger partial charge on any atom is 0.229 e. The number of piperidine rings is 1. The van der Waals surface area contributed by atoms with Crippen LogP contribution in [0, 0.1) is 12.8 Å². The lowest BCUT2D eigenvalue weighted by Gasteiger charge is -2.34. The molecule has 2 saturated heterocycles. The summed E-state index contributed by atoms with van der Waals surface area (Å²) in [6, 6.07) is 2.26. The third-order valence-corrected chi connectivity index (χ3v) is 5.41. The standard InChI is InChI=1S/C20H30N6O2/c1-13(2)21-19(27)15-5-4-6-26(12-15)18-16-11-14(3)22-17(16)23-20(24-18)25-7-9-28-10-8-25/h11,13,15H,4-10,12H2,1-3H3,(H,21,27)(H,22,23,24). The van der Waals surface area contributed by atoms with Gasteiger partial charge < -0.3 is 24.8 Å². The van der Waals surface area contributed by atoms with E-state index in [2.05, 4.69) is 26.2 Å². The molecule has 2 aliphatic rings. The Labute approximate surface area is 165 Å². The lowest BCUT2D eigenvalue weighted by molar-refractivity contribution is -0.125. The summed E-state index contributed by atoms with van der Waals surface area (Å²) in [6.07, 6.45) is 1.91. The van der Waals surface area contributed by atoms with Gasteiger partial charge >= 0.3 is 0 Å². The van der Waals surface area contributed by atoms with E-state index >= 15 is 0 Å². The van der Waals surface area contributed by atoms with Gasteiger partial charge in [0.2, 0.25) is 11.9 Å². The molecule has 1 amide bonds. The largest absolute Gasteiger partial charge is 0.378 e. The van der Waals surface area contributed by atoms with E-state index in [1.165, 1.54) is 0 Å². The van der Waals surface area contributed by atoms with Crippen LogP contribution >= 0.6 is 0 Å². The minimum absolute atomic E-state index is 0.00644. The topological polar surface area (TPSA) is 86.4 Å². The summed E-state index contributed by atoms with van der Waals surface area (Å²) in [7, 11) is 0. The number of aromatic nitrogens is 3. The van der Waals surface area contributed by atoms with E-state index in [0.717, 1.165) is 61.0 Å². The van der Waals surface area contributed by atoms with Crippen molar-refractivity contribution in [2.45, 2.75) is 39.7 Å². The number of aromatic amines is 1. The van der Waals surface area contributed by atoms with Gasteiger partial charge in [-0.3, -0.25) is 4.79 Å². The highest BCUT2D eigenvalue weighted by molar-refractivity contribution is 5.90. The van der Waals surface area contributed by atoms with Crippen LogP contribution in [0.3, 0.4) is 0 Å². The lowest BCUT2D eigenvalue weighted by atomic mass is 9.96. The number of aryl methyl sites for hydroxylation is 1. The summed E-state index contributed by atoms with van der Waals surface area (Å²) in [4.78, 5) is 30.1. The van der Waals surface area contributed by atoms with Crippen molar-refractivity contribution in [1.82, 2.24) is 20.3 Å². The van der Waals surface area contributed by atoms with Gasteiger partial charge in [-0.05, 0) is 39.7 Å². The Bertz CT molecular complexity index is 843. The summed E-state index contributed by atoms with van der Waals surface area (Å²) < 4.78 is 5.47. The molecular formula is C20H30N6O2. The molecule has 2 aromatic heterocycles. The molecule has 1 unspecified atom stereocenters. The van der Waals surface area contributed by atoms with Crippen molar-refractivity contribution in [2.24, 2.45) is 5.92 Å². The molecule has 0 radical (unpaired) electrons. The number of nitrogens with one attached hydrogen (secondary N) is 2. The molecule has 152 valence electrons. The van der Waals surface area contributed by atoms with Crippen molar-refractivity contribution < 1.29 is 9.53 Å². The van der Waals surface area contributed by atoms with Crippen molar-refractivity contribution >= 4 is 28.7 Å². The van der Waals surface area contributed by atoms with Crippen molar-refractivity contribution in [3.8, 4) is 0 Å². The maximum absolute atomic E-state index is 12.6. The van der Waals surface area contributed by atoms with Gasteiger partial charge in [-0.1, -0.05) is 0 Å². The Kier molecular flexibility index (Phi) is 5.39. The number of carbonyl (C=O) groups is 1. The second-order valence-electron chi connectivity index (χ2n) is 8.11.